The van der Waals surface area contributed by atoms with Crippen molar-refractivity contribution in [2.45, 2.75) is 64.5 Å². The first-order chi connectivity index (χ1) is 9.29. The lowest BCUT2D eigenvalue weighted by atomic mass is 9.91. The van der Waals surface area contributed by atoms with Crippen LogP contribution in [0.2, 0.25) is 0 Å². The van der Waals surface area contributed by atoms with Crippen LogP contribution < -0.4 is 5.32 Å². The molecule has 0 spiro atoms. The minimum absolute atomic E-state index is 0.506. The maximum atomic E-state index is 5.88. The van der Waals surface area contributed by atoms with Crippen molar-refractivity contribution in [2.24, 2.45) is 5.92 Å². The lowest BCUT2D eigenvalue weighted by molar-refractivity contribution is -0.0141. The largest absolute Gasteiger partial charge is 0.377 e. The highest BCUT2D eigenvalue weighted by Gasteiger charge is 2.26. The van der Waals surface area contributed by atoms with Gasteiger partial charge < -0.3 is 15.0 Å². The predicted molar refractivity (Wildman–Crippen MR) is 80.5 cm³/mol. The van der Waals surface area contributed by atoms with E-state index >= 15 is 0 Å². The third-order valence-electron chi connectivity index (χ3n) is 4.70. The molecule has 3 heteroatoms. The molecule has 2 heterocycles. The average molecular weight is 268 g/mol. The number of likely N-dealkylation sites (tertiary alicyclic amines) is 1. The highest BCUT2D eigenvalue weighted by molar-refractivity contribution is 4.82. The SMILES string of the molecule is CCCNC(C)C1CCCN(CC2CCCCO2)C1. The van der Waals surface area contributed by atoms with Gasteiger partial charge in [0.15, 0.2) is 0 Å². The molecule has 2 aliphatic rings. The molecule has 2 saturated heterocycles. The molecule has 2 aliphatic heterocycles. The van der Waals surface area contributed by atoms with E-state index in [1.807, 2.05) is 0 Å². The first-order valence-corrected chi connectivity index (χ1v) is 8.37. The fourth-order valence-electron chi connectivity index (χ4n) is 3.44. The summed E-state index contributed by atoms with van der Waals surface area (Å²) in [7, 11) is 0. The molecule has 0 bridgehead atoms. The second kappa shape index (κ2) is 8.23. The van der Waals surface area contributed by atoms with Crippen LogP contribution in [0.5, 0.6) is 0 Å². The molecule has 2 rings (SSSR count). The van der Waals surface area contributed by atoms with Crippen LogP contribution >= 0.6 is 0 Å². The average Bonchev–Trinajstić information content (AvgIpc) is 2.46. The lowest BCUT2D eigenvalue weighted by Gasteiger charge is -2.38. The van der Waals surface area contributed by atoms with Crippen molar-refractivity contribution < 1.29 is 4.74 Å². The van der Waals surface area contributed by atoms with E-state index in [1.165, 1.54) is 51.6 Å². The van der Waals surface area contributed by atoms with E-state index in [0.717, 1.165) is 25.6 Å². The van der Waals surface area contributed by atoms with Gasteiger partial charge in [-0.3, -0.25) is 0 Å². The summed E-state index contributed by atoms with van der Waals surface area (Å²) in [5, 5.41) is 3.67. The van der Waals surface area contributed by atoms with Gasteiger partial charge in [-0.25, -0.2) is 0 Å². The van der Waals surface area contributed by atoms with Gasteiger partial charge in [-0.05, 0) is 64.5 Å². The van der Waals surface area contributed by atoms with E-state index in [9.17, 15) is 0 Å². The van der Waals surface area contributed by atoms with Crippen molar-refractivity contribution in [1.82, 2.24) is 10.2 Å². The fraction of sp³-hybridized carbons (Fsp3) is 1.00. The molecule has 0 aromatic carbocycles. The quantitative estimate of drug-likeness (QED) is 0.801. The Kier molecular flexibility index (Phi) is 6.62. The molecule has 3 nitrogen and oxygen atoms in total. The van der Waals surface area contributed by atoms with Crippen LogP contribution in [0.3, 0.4) is 0 Å². The molecule has 19 heavy (non-hydrogen) atoms. The fourth-order valence-corrected chi connectivity index (χ4v) is 3.44. The first-order valence-electron chi connectivity index (χ1n) is 8.37. The summed E-state index contributed by atoms with van der Waals surface area (Å²) in [6.07, 6.45) is 8.37. The Morgan fingerprint density at radius 3 is 2.89 bits per heavy atom. The zero-order valence-electron chi connectivity index (χ0n) is 12.9. The van der Waals surface area contributed by atoms with E-state index in [0.29, 0.717) is 12.1 Å². The summed E-state index contributed by atoms with van der Waals surface area (Å²) < 4.78 is 5.88. The Morgan fingerprint density at radius 2 is 2.16 bits per heavy atom. The van der Waals surface area contributed by atoms with Crippen molar-refractivity contribution in [3.05, 3.63) is 0 Å². The molecule has 112 valence electrons. The van der Waals surface area contributed by atoms with E-state index in [1.54, 1.807) is 0 Å². The van der Waals surface area contributed by atoms with Crippen molar-refractivity contribution in [3.63, 3.8) is 0 Å². The summed E-state index contributed by atoms with van der Waals surface area (Å²) in [6, 6.07) is 0.662. The highest BCUT2D eigenvalue weighted by atomic mass is 16.5. The van der Waals surface area contributed by atoms with Crippen LogP contribution in [0, 0.1) is 5.92 Å². The van der Waals surface area contributed by atoms with Crippen LogP contribution in [0.25, 0.3) is 0 Å². The minimum atomic E-state index is 0.506. The van der Waals surface area contributed by atoms with Crippen LogP contribution in [-0.2, 0) is 4.74 Å². The molecule has 3 unspecified atom stereocenters. The van der Waals surface area contributed by atoms with E-state index in [2.05, 4.69) is 24.1 Å². The van der Waals surface area contributed by atoms with Gasteiger partial charge in [0.2, 0.25) is 0 Å². The lowest BCUT2D eigenvalue weighted by Crippen LogP contribution is -2.47. The van der Waals surface area contributed by atoms with Gasteiger partial charge in [-0.15, -0.1) is 0 Å². The number of hydrogen-bond donors (Lipinski definition) is 1. The summed E-state index contributed by atoms with van der Waals surface area (Å²) >= 11 is 0. The molecule has 3 atom stereocenters. The van der Waals surface area contributed by atoms with Gasteiger partial charge >= 0.3 is 0 Å². The smallest absolute Gasteiger partial charge is 0.0702 e. The highest BCUT2D eigenvalue weighted by Crippen LogP contribution is 2.22. The number of hydrogen-bond acceptors (Lipinski definition) is 3. The van der Waals surface area contributed by atoms with Gasteiger partial charge in [0.1, 0.15) is 0 Å². The second-order valence-electron chi connectivity index (χ2n) is 6.39. The minimum Gasteiger partial charge on any atom is -0.377 e. The number of piperidine rings is 1. The number of rotatable bonds is 6. The zero-order chi connectivity index (χ0) is 13.5. The van der Waals surface area contributed by atoms with Crippen LogP contribution in [0.1, 0.15) is 52.4 Å². The Labute approximate surface area is 119 Å². The zero-order valence-corrected chi connectivity index (χ0v) is 12.9. The molecule has 2 fully saturated rings. The Balaban J connectivity index is 1.73. The van der Waals surface area contributed by atoms with Crippen molar-refractivity contribution in [2.75, 3.05) is 32.8 Å². The van der Waals surface area contributed by atoms with E-state index in [4.69, 9.17) is 4.74 Å². The van der Waals surface area contributed by atoms with Crippen molar-refractivity contribution in [3.8, 4) is 0 Å². The van der Waals surface area contributed by atoms with Crippen molar-refractivity contribution in [1.29, 1.82) is 0 Å². The molecule has 0 saturated carbocycles. The standard InChI is InChI=1S/C16H32N2O/c1-3-9-17-14(2)15-7-6-10-18(12-15)13-16-8-4-5-11-19-16/h14-17H,3-13H2,1-2H3. The summed E-state index contributed by atoms with van der Waals surface area (Å²) in [6.45, 7) is 10.4. The maximum Gasteiger partial charge on any atom is 0.0702 e. The third-order valence-corrected chi connectivity index (χ3v) is 4.70. The van der Waals surface area contributed by atoms with Crippen LogP contribution in [-0.4, -0.2) is 49.8 Å². The van der Waals surface area contributed by atoms with Crippen LogP contribution in [0.15, 0.2) is 0 Å². The Bertz CT molecular complexity index is 241. The monoisotopic (exact) mass is 268 g/mol. The normalized spacial score (nSPS) is 31.3. The third kappa shape index (κ3) is 5.05. The number of nitrogens with zero attached hydrogens (tertiary/aromatic N) is 1. The molecule has 1 N–H and O–H groups in total. The summed E-state index contributed by atoms with van der Waals surface area (Å²) in [4.78, 5) is 2.65. The Hall–Kier alpha value is -0.120. The summed E-state index contributed by atoms with van der Waals surface area (Å²) in [5.41, 5.74) is 0. The van der Waals surface area contributed by atoms with E-state index in [-0.39, 0.29) is 0 Å². The molecule has 0 aliphatic carbocycles. The molecule has 0 radical (unpaired) electrons. The van der Waals surface area contributed by atoms with Gasteiger partial charge in [-0.2, -0.15) is 0 Å². The van der Waals surface area contributed by atoms with Gasteiger partial charge in [0, 0.05) is 25.7 Å². The van der Waals surface area contributed by atoms with Crippen molar-refractivity contribution >= 4 is 0 Å². The molecular formula is C16H32N2O. The molecule has 0 aromatic heterocycles. The first kappa shape index (κ1) is 15.3. The molecule has 0 amide bonds. The van der Waals surface area contributed by atoms with Gasteiger partial charge in [0.05, 0.1) is 6.10 Å². The van der Waals surface area contributed by atoms with Gasteiger partial charge in [-0.1, -0.05) is 6.92 Å². The van der Waals surface area contributed by atoms with E-state index < -0.39 is 0 Å². The number of nitrogens with one attached hydrogen (secondary N) is 1. The molecular weight excluding hydrogens is 236 g/mol. The van der Waals surface area contributed by atoms with Crippen LogP contribution in [0.4, 0.5) is 0 Å². The maximum absolute atomic E-state index is 5.88. The topological polar surface area (TPSA) is 24.5 Å². The predicted octanol–water partition coefficient (Wildman–Crippen LogP) is 2.66. The Morgan fingerprint density at radius 1 is 1.26 bits per heavy atom. The second-order valence-corrected chi connectivity index (χ2v) is 6.39. The summed E-state index contributed by atoms with van der Waals surface area (Å²) in [5.74, 6) is 0.823. The van der Waals surface area contributed by atoms with Gasteiger partial charge in [0.25, 0.3) is 0 Å². The number of ether oxygens (including phenoxy) is 1. The molecule has 0 aromatic rings.